The first kappa shape index (κ1) is 14.6. The molecule has 2 rings (SSSR count). The van der Waals surface area contributed by atoms with E-state index in [-0.39, 0.29) is 5.91 Å². The Bertz CT molecular complexity index is 617. The van der Waals surface area contributed by atoms with Crippen LogP contribution in [0.1, 0.15) is 12.7 Å². The fourth-order valence-electron chi connectivity index (χ4n) is 1.57. The molecule has 1 amide bonds. The summed E-state index contributed by atoms with van der Waals surface area (Å²) in [7, 11) is 0. The molecule has 0 fully saturated rings. The van der Waals surface area contributed by atoms with Gasteiger partial charge in [-0.2, -0.15) is 0 Å². The molecule has 108 valence electrons. The SMILES string of the molecule is C[C@@H](OC(=O)/C=C/c1ccco1)C(=O)Nc1ccccc1. The van der Waals surface area contributed by atoms with E-state index in [1.807, 2.05) is 6.07 Å². The molecule has 1 aromatic heterocycles. The van der Waals surface area contributed by atoms with Crippen molar-refractivity contribution in [3.63, 3.8) is 0 Å². The Morgan fingerprint density at radius 1 is 1.19 bits per heavy atom. The van der Waals surface area contributed by atoms with Gasteiger partial charge >= 0.3 is 5.97 Å². The van der Waals surface area contributed by atoms with Crippen LogP contribution in [0.2, 0.25) is 0 Å². The maximum absolute atomic E-state index is 11.8. The Labute approximate surface area is 122 Å². The summed E-state index contributed by atoms with van der Waals surface area (Å²) in [6, 6.07) is 12.4. The summed E-state index contributed by atoms with van der Waals surface area (Å²) < 4.78 is 10.0. The second-order valence-corrected chi connectivity index (χ2v) is 4.28. The van der Waals surface area contributed by atoms with Crippen molar-refractivity contribution in [1.29, 1.82) is 0 Å². The van der Waals surface area contributed by atoms with E-state index >= 15 is 0 Å². The number of furan rings is 1. The number of hydrogen-bond acceptors (Lipinski definition) is 4. The van der Waals surface area contributed by atoms with Crippen molar-refractivity contribution in [2.24, 2.45) is 0 Å². The van der Waals surface area contributed by atoms with Gasteiger partial charge in [-0.25, -0.2) is 4.79 Å². The number of rotatable bonds is 5. The molecule has 1 N–H and O–H groups in total. The highest BCUT2D eigenvalue weighted by Gasteiger charge is 2.16. The molecule has 0 aliphatic heterocycles. The van der Waals surface area contributed by atoms with Crippen molar-refractivity contribution in [3.8, 4) is 0 Å². The van der Waals surface area contributed by atoms with Crippen LogP contribution >= 0.6 is 0 Å². The summed E-state index contributed by atoms with van der Waals surface area (Å²) in [6.07, 6.45) is 3.30. The summed E-state index contributed by atoms with van der Waals surface area (Å²) in [4.78, 5) is 23.4. The zero-order valence-electron chi connectivity index (χ0n) is 11.5. The predicted molar refractivity (Wildman–Crippen MR) is 78.4 cm³/mol. The highest BCUT2D eigenvalue weighted by atomic mass is 16.5. The smallest absolute Gasteiger partial charge is 0.331 e. The summed E-state index contributed by atoms with van der Waals surface area (Å²) in [6.45, 7) is 1.51. The van der Waals surface area contributed by atoms with Crippen molar-refractivity contribution >= 4 is 23.6 Å². The van der Waals surface area contributed by atoms with Gasteiger partial charge in [-0.05, 0) is 37.3 Å². The van der Waals surface area contributed by atoms with E-state index in [0.717, 1.165) is 0 Å². The minimum Gasteiger partial charge on any atom is -0.465 e. The van der Waals surface area contributed by atoms with Crippen molar-refractivity contribution in [3.05, 3.63) is 60.6 Å². The van der Waals surface area contributed by atoms with Gasteiger partial charge in [0, 0.05) is 11.8 Å². The Balaban J connectivity index is 1.84. The zero-order valence-corrected chi connectivity index (χ0v) is 11.5. The zero-order chi connectivity index (χ0) is 15.1. The number of esters is 1. The lowest BCUT2D eigenvalue weighted by Crippen LogP contribution is -2.29. The average molecular weight is 285 g/mol. The quantitative estimate of drug-likeness (QED) is 0.677. The first-order valence-electron chi connectivity index (χ1n) is 6.43. The van der Waals surface area contributed by atoms with Gasteiger partial charge < -0.3 is 14.5 Å². The minimum absolute atomic E-state index is 0.388. The number of carbonyl (C=O) groups is 2. The van der Waals surface area contributed by atoms with Crippen LogP contribution in [-0.4, -0.2) is 18.0 Å². The lowest BCUT2D eigenvalue weighted by molar-refractivity contribution is -0.148. The number of para-hydroxylation sites is 1. The van der Waals surface area contributed by atoms with Crippen molar-refractivity contribution in [1.82, 2.24) is 0 Å². The lowest BCUT2D eigenvalue weighted by Gasteiger charge is -2.12. The molecule has 1 heterocycles. The standard InChI is InChI=1S/C16H15NO4/c1-12(16(19)17-13-6-3-2-4-7-13)21-15(18)10-9-14-8-5-11-20-14/h2-12H,1H3,(H,17,19)/b10-9+/t12-/m1/s1. The number of carbonyl (C=O) groups excluding carboxylic acids is 2. The number of nitrogens with one attached hydrogen (secondary N) is 1. The van der Waals surface area contributed by atoms with Crippen LogP contribution in [0.5, 0.6) is 0 Å². The third-order valence-electron chi connectivity index (χ3n) is 2.63. The lowest BCUT2D eigenvalue weighted by atomic mass is 10.3. The molecule has 0 radical (unpaired) electrons. The van der Waals surface area contributed by atoms with Crippen molar-refractivity contribution in [2.75, 3.05) is 5.32 Å². The number of ether oxygens (including phenoxy) is 1. The number of hydrogen-bond donors (Lipinski definition) is 1. The van der Waals surface area contributed by atoms with Crippen LogP contribution < -0.4 is 5.32 Å². The average Bonchev–Trinajstić information content (AvgIpc) is 2.99. The van der Waals surface area contributed by atoms with E-state index in [1.165, 1.54) is 25.3 Å². The van der Waals surface area contributed by atoms with E-state index in [9.17, 15) is 9.59 Å². The summed E-state index contributed by atoms with van der Waals surface area (Å²) >= 11 is 0. The second kappa shape index (κ2) is 7.09. The van der Waals surface area contributed by atoms with Crippen molar-refractivity contribution in [2.45, 2.75) is 13.0 Å². The molecule has 0 aliphatic carbocycles. The van der Waals surface area contributed by atoms with Crippen LogP contribution in [-0.2, 0) is 14.3 Å². The summed E-state index contributed by atoms with van der Waals surface area (Å²) in [5.74, 6) is -0.462. The van der Waals surface area contributed by atoms with Crippen LogP contribution in [0, 0.1) is 0 Å². The van der Waals surface area contributed by atoms with Crippen molar-refractivity contribution < 1.29 is 18.7 Å². The third kappa shape index (κ3) is 4.65. The molecule has 0 saturated heterocycles. The first-order chi connectivity index (χ1) is 10.1. The maximum Gasteiger partial charge on any atom is 0.331 e. The van der Waals surface area contributed by atoms with Crippen LogP contribution in [0.15, 0.2) is 59.2 Å². The van der Waals surface area contributed by atoms with Gasteiger partial charge in [0.15, 0.2) is 6.10 Å². The molecule has 5 heteroatoms. The van der Waals surface area contributed by atoms with E-state index < -0.39 is 12.1 Å². The molecule has 0 unspecified atom stereocenters. The van der Waals surface area contributed by atoms with Gasteiger partial charge in [0.25, 0.3) is 5.91 Å². The topological polar surface area (TPSA) is 68.5 Å². The maximum atomic E-state index is 11.8. The molecule has 5 nitrogen and oxygen atoms in total. The number of benzene rings is 1. The molecule has 0 saturated carbocycles. The van der Waals surface area contributed by atoms with Gasteiger partial charge in [-0.15, -0.1) is 0 Å². The summed E-state index contributed by atoms with van der Waals surface area (Å²) in [5.41, 5.74) is 0.650. The monoisotopic (exact) mass is 285 g/mol. The first-order valence-corrected chi connectivity index (χ1v) is 6.43. The van der Waals surface area contributed by atoms with E-state index in [1.54, 1.807) is 36.4 Å². The van der Waals surface area contributed by atoms with Gasteiger partial charge in [0.05, 0.1) is 6.26 Å². The van der Waals surface area contributed by atoms with Gasteiger partial charge in [-0.1, -0.05) is 18.2 Å². The fourth-order valence-corrected chi connectivity index (χ4v) is 1.57. The van der Waals surface area contributed by atoms with Gasteiger partial charge in [-0.3, -0.25) is 4.79 Å². The third-order valence-corrected chi connectivity index (χ3v) is 2.63. The van der Waals surface area contributed by atoms with E-state index in [2.05, 4.69) is 5.32 Å². The van der Waals surface area contributed by atoms with Crippen LogP contribution in [0.4, 0.5) is 5.69 Å². The van der Waals surface area contributed by atoms with Crippen LogP contribution in [0.25, 0.3) is 6.08 Å². The minimum atomic E-state index is -0.890. The Morgan fingerprint density at radius 2 is 1.95 bits per heavy atom. The molecule has 0 bridgehead atoms. The molecule has 0 spiro atoms. The van der Waals surface area contributed by atoms with E-state index in [4.69, 9.17) is 9.15 Å². The largest absolute Gasteiger partial charge is 0.465 e. The highest BCUT2D eigenvalue weighted by molar-refractivity contribution is 5.96. The Hall–Kier alpha value is -2.82. The Kier molecular flexibility index (Phi) is 4.93. The molecular weight excluding hydrogens is 270 g/mol. The van der Waals surface area contributed by atoms with E-state index in [0.29, 0.717) is 11.4 Å². The molecule has 1 aromatic carbocycles. The molecule has 2 aromatic rings. The second-order valence-electron chi connectivity index (χ2n) is 4.28. The van der Waals surface area contributed by atoms with Crippen LogP contribution in [0.3, 0.4) is 0 Å². The number of amides is 1. The molecular formula is C16H15NO4. The van der Waals surface area contributed by atoms with Gasteiger partial charge in [0.1, 0.15) is 5.76 Å². The highest BCUT2D eigenvalue weighted by Crippen LogP contribution is 2.07. The summed E-state index contributed by atoms with van der Waals surface area (Å²) in [5, 5.41) is 2.66. The van der Waals surface area contributed by atoms with Gasteiger partial charge in [0.2, 0.25) is 0 Å². The normalized spacial score (nSPS) is 12.0. The fraction of sp³-hybridized carbons (Fsp3) is 0.125. The molecule has 21 heavy (non-hydrogen) atoms. The number of anilines is 1. The molecule has 1 atom stereocenters. The Morgan fingerprint density at radius 3 is 2.62 bits per heavy atom. The molecule has 0 aliphatic rings. The predicted octanol–water partition coefficient (Wildman–Crippen LogP) is 2.86.